The number of para-hydroxylation sites is 1. The summed E-state index contributed by atoms with van der Waals surface area (Å²) in [5, 5.41) is 3.29. The first kappa shape index (κ1) is 13.3. The zero-order chi connectivity index (χ0) is 13.9. The number of hydrogen-bond donors (Lipinski definition) is 2. The maximum atomic E-state index is 5.88. The highest BCUT2D eigenvalue weighted by Crippen LogP contribution is 2.30. The lowest BCUT2D eigenvalue weighted by Gasteiger charge is -2.25. The molecule has 1 fully saturated rings. The van der Waals surface area contributed by atoms with Crippen molar-refractivity contribution in [3.8, 4) is 0 Å². The normalized spacial score (nSPS) is 23.1. The summed E-state index contributed by atoms with van der Waals surface area (Å²) in [6.45, 7) is 3.28. The van der Waals surface area contributed by atoms with Gasteiger partial charge in [-0.1, -0.05) is 38.7 Å². The molecule has 2 aromatic rings. The van der Waals surface area contributed by atoms with Crippen LogP contribution in [0.15, 0.2) is 22.6 Å². The zero-order valence-electron chi connectivity index (χ0n) is 12.1. The van der Waals surface area contributed by atoms with E-state index in [0.29, 0.717) is 11.7 Å². The Morgan fingerprint density at radius 3 is 2.85 bits per heavy atom. The van der Waals surface area contributed by atoms with E-state index in [0.717, 1.165) is 29.5 Å². The van der Waals surface area contributed by atoms with Crippen LogP contribution in [0.1, 0.15) is 39.0 Å². The summed E-state index contributed by atoms with van der Waals surface area (Å²) in [5.41, 5.74) is 8.05. The minimum absolute atomic E-state index is 0.585. The van der Waals surface area contributed by atoms with Crippen molar-refractivity contribution in [3.63, 3.8) is 0 Å². The Kier molecular flexibility index (Phi) is 3.81. The van der Waals surface area contributed by atoms with Crippen molar-refractivity contribution in [1.29, 1.82) is 0 Å². The summed E-state index contributed by atoms with van der Waals surface area (Å²) in [4.78, 5) is 4.40. The first-order valence-corrected chi connectivity index (χ1v) is 7.61. The quantitative estimate of drug-likeness (QED) is 0.825. The van der Waals surface area contributed by atoms with Crippen LogP contribution in [0.3, 0.4) is 0 Å². The van der Waals surface area contributed by atoms with Crippen molar-refractivity contribution in [2.45, 2.75) is 39.0 Å². The number of nitrogens with zero attached hydrogens (tertiary/aromatic N) is 1. The van der Waals surface area contributed by atoms with Crippen LogP contribution >= 0.6 is 0 Å². The second-order valence-corrected chi connectivity index (χ2v) is 6.05. The van der Waals surface area contributed by atoms with Crippen molar-refractivity contribution in [1.82, 2.24) is 4.98 Å². The molecule has 0 unspecified atom stereocenters. The lowest BCUT2D eigenvalue weighted by atomic mass is 9.81. The number of aromatic nitrogens is 1. The van der Waals surface area contributed by atoms with Crippen molar-refractivity contribution in [3.05, 3.63) is 18.2 Å². The average Bonchev–Trinajstić information content (AvgIpc) is 2.85. The van der Waals surface area contributed by atoms with Gasteiger partial charge in [-0.15, -0.1) is 0 Å². The van der Waals surface area contributed by atoms with Crippen LogP contribution in [0.2, 0.25) is 0 Å². The Labute approximate surface area is 119 Å². The van der Waals surface area contributed by atoms with Crippen LogP contribution in [0.4, 0.5) is 11.7 Å². The number of benzene rings is 1. The molecule has 0 radical (unpaired) electrons. The van der Waals surface area contributed by atoms with Crippen molar-refractivity contribution >= 4 is 22.8 Å². The molecule has 0 atom stereocenters. The fourth-order valence-corrected chi connectivity index (χ4v) is 3.05. The van der Waals surface area contributed by atoms with Crippen LogP contribution in [0.5, 0.6) is 0 Å². The average molecular weight is 273 g/mol. The molecule has 3 N–H and O–H groups in total. The Morgan fingerprint density at radius 2 is 2.10 bits per heavy atom. The van der Waals surface area contributed by atoms with E-state index in [1.807, 2.05) is 18.2 Å². The molecule has 108 valence electrons. The Morgan fingerprint density at radius 1 is 1.30 bits per heavy atom. The van der Waals surface area contributed by atoms with Crippen LogP contribution in [0, 0.1) is 11.8 Å². The molecular formula is C16H23N3O. The van der Waals surface area contributed by atoms with Crippen LogP contribution < -0.4 is 11.1 Å². The van der Waals surface area contributed by atoms with E-state index in [2.05, 4.69) is 17.2 Å². The number of hydrogen-bond acceptors (Lipinski definition) is 4. The molecule has 1 aromatic carbocycles. The Balaban J connectivity index is 1.53. The van der Waals surface area contributed by atoms with Gasteiger partial charge in [0.05, 0.1) is 5.69 Å². The van der Waals surface area contributed by atoms with E-state index < -0.39 is 0 Å². The highest BCUT2D eigenvalue weighted by atomic mass is 16.4. The predicted molar refractivity (Wildman–Crippen MR) is 82.7 cm³/mol. The minimum atomic E-state index is 0.585. The molecule has 0 saturated heterocycles. The van der Waals surface area contributed by atoms with Gasteiger partial charge in [0.2, 0.25) is 0 Å². The molecule has 20 heavy (non-hydrogen) atoms. The summed E-state index contributed by atoms with van der Waals surface area (Å²) in [6.07, 6.45) is 6.68. The van der Waals surface area contributed by atoms with Crippen LogP contribution in [-0.4, -0.2) is 11.5 Å². The van der Waals surface area contributed by atoms with Gasteiger partial charge in [-0.25, -0.2) is 0 Å². The van der Waals surface area contributed by atoms with Crippen molar-refractivity contribution in [2.24, 2.45) is 11.8 Å². The minimum Gasteiger partial charge on any atom is -0.423 e. The van der Waals surface area contributed by atoms with E-state index >= 15 is 0 Å². The third-order valence-corrected chi connectivity index (χ3v) is 4.41. The molecule has 1 aliphatic rings. The van der Waals surface area contributed by atoms with Crippen molar-refractivity contribution in [2.75, 3.05) is 17.6 Å². The third kappa shape index (κ3) is 2.89. The summed E-state index contributed by atoms with van der Waals surface area (Å²) >= 11 is 0. The van der Waals surface area contributed by atoms with Gasteiger partial charge < -0.3 is 15.5 Å². The maximum Gasteiger partial charge on any atom is 0.295 e. The number of rotatable bonds is 4. The van der Waals surface area contributed by atoms with E-state index in [1.165, 1.54) is 32.1 Å². The third-order valence-electron chi connectivity index (χ3n) is 4.41. The van der Waals surface area contributed by atoms with E-state index in [4.69, 9.17) is 10.2 Å². The summed E-state index contributed by atoms with van der Waals surface area (Å²) in [7, 11) is 0. The van der Waals surface area contributed by atoms with Crippen molar-refractivity contribution < 1.29 is 4.42 Å². The molecular weight excluding hydrogens is 250 g/mol. The molecule has 1 aliphatic carbocycles. The number of fused-ring (bicyclic) bond motifs is 1. The van der Waals surface area contributed by atoms with Gasteiger partial charge in [-0.05, 0) is 30.4 Å². The molecule has 1 heterocycles. The number of nitrogens with one attached hydrogen (secondary N) is 1. The molecule has 1 saturated carbocycles. The largest absolute Gasteiger partial charge is 0.423 e. The fourth-order valence-electron chi connectivity index (χ4n) is 3.05. The van der Waals surface area contributed by atoms with Gasteiger partial charge in [0.25, 0.3) is 6.01 Å². The van der Waals surface area contributed by atoms with Gasteiger partial charge in [-0.3, -0.25) is 0 Å². The Bertz CT molecular complexity index is 570. The van der Waals surface area contributed by atoms with Crippen LogP contribution in [-0.2, 0) is 0 Å². The summed E-state index contributed by atoms with van der Waals surface area (Å²) in [6, 6.07) is 6.21. The van der Waals surface area contributed by atoms with Gasteiger partial charge >= 0.3 is 0 Å². The lowest BCUT2D eigenvalue weighted by molar-refractivity contribution is 0.281. The first-order valence-electron chi connectivity index (χ1n) is 7.61. The molecule has 0 amide bonds. The van der Waals surface area contributed by atoms with E-state index in [-0.39, 0.29) is 0 Å². The second-order valence-electron chi connectivity index (χ2n) is 6.05. The Hall–Kier alpha value is -1.71. The predicted octanol–water partition coefficient (Wildman–Crippen LogP) is 4.04. The molecule has 3 rings (SSSR count). The van der Waals surface area contributed by atoms with Gasteiger partial charge in [-0.2, -0.15) is 4.98 Å². The lowest BCUT2D eigenvalue weighted by Crippen LogP contribution is -2.15. The number of anilines is 2. The monoisotopic (exact) mass is 273 g/mol. The smallest absolute Gasteiger partial charge is 0.295 e. The number of oxazole rings is 1. The molecule has 0 spiro atoms. The highest BCUT2D eigenvalue weighted by Gasteiger charge is 2.18. The standard InChI is InChI=1S/C16H23N3O/c1-11-5-7-12(8-6-11)9-10-18-16-19-15-13(17)3-2-4-14(15)20-16/h2-4,11-12H,5-10,17H2,1H3,(H,18,19). The number of nitrogens with two attached hydrogens (primary N) is 1. The molecule has 1 aromatic heterocycles. The fraction of sp³-hybridized carbons (Fsp3) is 0.562. The maximum absolute atomic E-state index is 5.88. The van der Waals surface area contributed by atoms with Gasteiger partial charge in [0, 0.05) is 6.54 Å². The zero-order valence-corrected chi connectivity index (χ0v) is 12.1. The first-order chi connectivity index (χ1) is 9.72. The topological polar surface area (TPSA) is 64.1 Å². The molecule has 0 aliphatic heterocycles. The van der Waals surface area contributed by atoms with Gasteiger partial charge in [0.1, 0.15) is 5.52 Å². The van der Waals surface area contributed by atoms with Crippen LogP contribution in [0.25, 0.3) is 11.1 Å². The molecule has 0 bridgehead atoms. The van der Waals surface area contributed by atoms with E-state index in [1.54, 1.807) is 0 Å². The highest BCUT2D eigenvalue weighted by molar-refractivity contribution is 5.86. The summed E-state index contributed by atoms with van der Waals surface area (Å²) in [5.74, 6) is 1.77. The molecule has 4 heteroatoms. The number of nitrogen functional groups attached to an aromatic ring is 1. The second kappa shape index (κ2) is 5.73. The molecule has 4 nitrogen and oxygen atoms in total. The van der Waals surface area contributed by atoms with E-state index in [9.17, 15) is 0 Å². The van der Waals surface area contributed by atoms with Gasteiger partial charge in [0.15, 0.2) is 5.58 Å². The summed E-state index contributed by atoms with van der Waals surface area (Å²) < 4.78 is 5.65. The SMILES string of the molecule is CC1CCC(CCNc2nc3c(N)cccc3o2)CC1.